The normalized spacial score (nSPS) is 17.7. The average Bonchev–Trinajstić information content (AvgIpc) is 2.74. The lowest BCUT2D eigenvalue weighted by Gasteiger charge is -2.46. The summed E-state index contributed by atoms with van der Waals surface area (Å²) in [7, 11) is 0. The molecule has 1 heterocycles. The molecule has 174 valence electrons. The molecule has 1 saturated heterocycles. The molecule has 1 aliphatic rings. The predicted octanol–water partition coefficient (Wildman–Crippen LogP) is 5.74. The Kier molecular flexibility index (Phi) is 7.96. The number of ether oxygens (including phenoxy) is 1. The summed E-state index contributed by atoms with van der Waals surface area (Å²) in [6.07, 6.45) is -0.815. The fourth-order valence-corrected chi connectivity index (χ4v) is 4.24. The van der Waals surface area contributed by atoms with E-state index in [4.69, 9.17) is 4.74 Å². The van der Waals surface area contributed by atoms with Crippen molar-refractivity contribution in [2.24, 2.45) is 5.41 Å². The number of hydrogen-bond acceptors (Lipinski definition) is 3. The highest BCUT2D eigenvalue weighted by atomic mass is 16.5. The second-order valence-corrected chi connectivity index (χ2v) is 10.3. The molecule has 2 aromatic carbocycles. The topological polar surface area (TPSA) is 53.0 Å². The molecule has 2 aromatic rings. The van der Waals surface area contributed by atoms with Crippen molar-refractivity contribution in [1.29, 1.82) is 0 Å². The zero-order chi connectivity index (χ0) is 23.3. The van der Waals surface area contributed by atoms with Crippen LogP contribution in [-0.4, -0.2) is 46.7 Å². The lowest BCUT2D eigenvalue weighted by Crippen LogP contribution is -2.59. The summed E-state index contributed by atoms with van der Waals surface area (Å²) in [4.78, 5) is 15.6. The fourth-order valence-electron chi connectivity index (χ4n) is 4.24. The molecule has 0 aliphatic carbocycles. The number of carbonyl (C=O) groups is 1. The van der Waals surface area contributed by atoms with E-state index in [1.54, 1.807) is 4.90 Å². The van der Waals surface area contributed by atoms with Crippen molar-refractivity contribution in [2.75, 3.05) is 19.6 Å². The minimum Gasteiger partial charge on any atom is -0.465 e. The van der Waals surface area contributed by atoms with Crippen LogP contribution in [0, 0.1) is 5.41 Å². The van der Waals surface area contributed by atoms with Gasteiger partial charge in [0.1, 0.15) is 0 Å². The van der Waals surface area contributed by atoms with Gasteiger partial charge in [0.15, 0.2) is 0 Å². The van der Waals surface area contributed by atoms with E-state index >= 15 is 0 Å². The maximum absolute atomic E-state index is 11.6. The van der Waals surface area contributed by atoms with Gasteiger partial charge in [-0.25, -0.2) is 4.79 Å². The van der Waals surface area contributed by atoms with Crippen LogP contribution in [0.25, 0.3) is 0 Å². The summed E-state index contributed by atoms with van der Waals surface area (Å²) in [5.74, 6) is 0.545. The van der Waals surface area contributed by atoms with E-state index in [9.17, 15) is 9.90 Å². The molecule has 1 N–H and O–H groups in total. The third-order valence-corrected chi connectivity index (χ3v) is 6.32. The monoisotopic (exact) mass is 438 g/mol. The van der Waals surface area contributed by atoms with Crippen molar-refractivity contribution in [2.45, 2.75) is 66.3 Å². The minimum atomic E-state index is -0.815. The first-order chi connectivity index (χ1) is 15.1. The molecule has 1 amide bonds. The van der Waals surface area contributed by atoms with Crippen LogP contribution >= 0.6 is 0 Å². The lowest BCUT2D eigenvalue weighted by atomic mass is 9.84. The molecule has 1 aliphatic heterocycles. The third kappa shape index (κ3) is 6.57. The van der Waals surface area contributed by atoms with E-state index in [1.165, 1.54) is 16.7 Å². The second-order valence-electron chi connectivity index (χ2n) is 10.3. The van der Waals surface area contributed by atoms with E-state index in [1.807, 2.05) is 0 Å². The zero-order valence-corrected chi connectivity index (χ0v) is 20.2. The zero-order valence-electron chi connectivity index (χ0n) is 20.2. The van der Waals surface area contributed by atoms with E-state index in [0.29, 0.717) is 25.7 Å². The standard InChI is InChI=1S/C27H38N2O3/c1-20(2)24-12-10-23(11-13-24)19-32-18-22-8-6-21(7-9-22)16-28-14-15-29(26(30)31)25(17-28)27(3,4)5/h6-13,20,25H,14-19H2,1-5H3,(H,30,31). The maximum Gasteiger partial charge on any atom is 0.407 e. The molecule has 1 fully saturated rings. The molecule has 1 atom stereocenters. The number of hydrogen-bond donors (Lipinski definition) is 1. The first-order valence-electron chi connectivity index (χ1n) is 11.6. The van der Waals surface area contributed by atoms with E-state index in [0.717, 1.165) is 25.2 Å². The van der Waals surface area contributed by atoms with E-state index in [-0.39, 0.29) is 11.5 Å². The number of piperazine rings is 1. The largest absolute Gasteiger partial charge is 0.465 e. The van der Waals surface area contributed by atoms with Gasteiger partial charge in [-0.15, -0.1) is 0 Å². The Morgan fingerprint density at radius 3 is 2.00 bits per heavy atom. The van der Waals surface area contributed by atoms with Gasteiger partial charge >= 0.3 is 6.09 Å². The van der Waals surface area contributed by atoms with Gasteiger partial charge in [0.05, 0.1) is 19.3 Å². The van der Waals surface area contributed by atoms with Crippen molar-refractivity contribution in [1.82, 2.24) is 9.80 Å². The van der Waals surface area contributed by atoms with Gasteiger partial charge in [-0.05, 0) is 33.6 Å². The molecule has 0 saturated carbocycles. The first kappa shape index (κ1) is 24.3. The average molecular weight is 439 g/mol. The van der Waals surface area contributed by atoms with Crippen LogP contribution in [-0.2, 0) is 24.5 Å². The van der Waals surface area contributed by atoms with Gasteiger partial charge in [0.25, 0.3) is 0 Å². The van der Waals surface area contributed by atoms with Crippen LogP contribution in [0.4, 0.5) is 4.79 Å². The number of rotatable bonds is 7. The predicted molar refractivity (Wildman–Crippen MR) is 129 cm³/mol. The summed E-state index contributed by atoms with van der Waals surface area (Å²) in [5.41, 5.74) is 4.86. The summed E-state index contributed by atoms with van der Waals surface area (Å²) >= 11 is 0. The molecule has 0 radical (unpaired) electrons. The van der Waals surface area contributed by atoms with E-state index < -0.39 is 6.09 Å². The Morgan fingerprint density at radius 2 is 1.50 bits per heavy atom. The summed E-state index contributed by atoms with van der Waals surface area (Å²) in [6.45, 7) is 14.9. The molecule has 5 heteroatoms. The van der Waals surface area contributed by atoms with Gasteiger partial charge in [0.2, 0.25) is 0 Å². The molecule has 0 spiro atoms. The molecule has 3 rings (SSSR count). The molecule has 1 unspecified atom stereocenters. The number of carboxylic acid groups (broad SMARTS) is 1. The fraction of sp³-hybridized carbons (Fsp3) is 0.519. The highest BCUT2D eigenvalue weighted by Crippen LogP contribution is 2.28. The Labute approximate surface area is 193 Å². The van der Waals surface area contributed by atoms with Crippen molar-refractivity contribution >= 4 is 6.09 Å². The van der Waals surface area contributed by atoms with Crippen molar-refractivity contribution in [3.8, 4) is 0 Å². The maximum atomic E-state index is 11.6. The Bertz CT molecular complexity index is 869. The summed E-state index contributed by atoms with van der Waals surface area (Å²) < 4.78 is 5.91. The van der Waals surface area contributed by atoms with Gasteiger partial charge in [-0.2, -0.15) is 0 Å². The van der Waals surface area contributed by atoms with Crippen LogP contribution in [0.3, 0.4) is 0 Å². The third-order valence-electron chi connectivity index (χ3n) is 6.32. The minimum absolute atomic E-state index is 0.00368. The van der Waals surface area contributed by atoms with Crippen LogP contribution in [0.2, 0.25) is 0 Å². The molecule has 0 aromatic heterocycles. The number of amides is 1. The molecular weight excluding hydrogens is 400 g/mol. The van der Waals surface area contributed by atoms with Crippen LogP contribution in [0.1, 0.15) is 62.8 Å². The Balaban J connectivity index is 1.49. The Morgan fingerprint density at radius 1 is 0.969 bits per heavy atom. The first-order valence-corrected chi connectivity index (χ1v) is 11.6. The molecule has 5 nitrogen and oxygen atoms in total. The van der Waals surface area contributed by atoms with E-state index in [2.05, 4.69) is 88.0 Å². The van der Waals surface area contributed by atoms with Crippen LogP contribution in [0.5, 0.6) is 0 Å². The Hall–Kier alpha value is -2.37. The van der Waals surface area contributed by atoms with Crippen molar-refractivity contribution in [3.05, 3.63) is 70.8 Å². The van der Waals surface area contributed by atoms with Gasteiger partial charge in [-0.1, -0.05) is 83.1 Å². The number of benzene rings is 2. The molecule has 0 bridgehead atoms. The quantitative estimate of drug-likeness (QED) is 0.599. The molecular formula is C27H38N2O3. The summed E-state index contributed by atoms with van der Waals surface area (Å²) in [6, 6.07) is 17.2. The highest BCUT2D eigenvalue weighted by Gasteiger charge is 2.37. The van der Waals surface area contributed by atoms with Crippen molar-refractivity contribution < 1.29 is 14.6 Å². The van der Waals surface area contributed by atoms with Crippen molar-refractivity contribution in [3.63, 3.8) is 0 Å². The van der Waals surface area contributed by atoms with Crippen LogP contribution < -0.4 is 0 Å². The van der Waals surface area contributed by atoms with Gasteiger partial charge < -0.3 is 14.7 Å². The summed E-state index contributed by atoms with van der Waals surface area (Å²) in [5, 5.41) is 9.55. The lowest BCUT2D eigenvalue weighted by molar-refractivity contribution is 0.0190. The van der Waals surface area contributed by atoms with Gasteiger partial charge in [-0.3, -0.25) is 4.90 Å². The number of nitrogens with zero attached hydrogens (tertiary/aromatic N) is 2. The van der Waals surface area contributed by atoms with Gasteiger partial charge in [0, 0.05) is 26.2 Å². The molecule has 32 heavy (non-hydrogen) atoms. The SMILES string of the molecule is CC(C)c1ccc(COCc2ccc(CN3CCN(C(=O)O)C(C(C)(C)C)C3)cc2)cc1. The highest BCUT2D eigenvalue weighted by molar-refractivity contribution is 5.65. The second kappa shape index (κ2) is 10.5. The smallest absolute Gasteiger partial charge is 0.407 e. The van der Waals surface area contributed by atoms with Crippen LogP contribution in [0.15, 0.2) is 48.5 Å².